The average molecular weight is 179 g/mol. The van der Waals surface area contributed by atoms with Gasteiger partial charge in [0.25, 0.3) is 0 Å². The van der Waals surface area contributed by atoms with Crippen LogP contribution < -0.4 is 0 Å². The number of rotatable bonds is 2. The molecule has 5 heteroatoms. The molecule has 1 heterocycles. The van der Waals surface area contributed by atoms with Gasteiger partial charge in [-0.05, 0) is 14.1 Å². The van der Waals surface area contributed by atoms with Crippen LogP contribution in [0.5, 0.6) is 0 Å². The van der Waals surface area contributed by atoms with Gasteiger partial charge in [-0.15, -0.1) is 0 Å². The Labute approximate surface area is 68.3 Å². The van der Waals surface area contributed by atoms with Crippen LogP contribution in [-0.4, -0.2) is 54.9 Å². The van der Waals surface area contributed by atoms with Gasteiger partial charge in [0.15, 0.2) is 0 Å². The molecule has 1 radical (unpaired) electrons. The maximum atomic E-state index is 10.1. The fraction of sp³-hybridized carbons (Fsp3) is 1.00. The highest BCUT2D eigenvalue weighted by Crippen LogP contribution is 2.62. The van der Waals surface area contributed by atoms with Crippen molar-refractivity contribution in [3.8, 4) is 0 Å². The molecule has 0 atom stereocenters. The molecule has 0 aliphatic carbocycles. The number of hydrogen-bond donors (Lipinski definition) is 1. The molecule has 4 nitrogen and oxygen atoms in total. The van der Waals surface area contributed by atoms with Crippen molar-refractivity contribution in [2.24, 2.45) is 0 Å². The lowest BCUT2D eigenvalue weighted by molar-refractivity contribution is 0.229. The van der Waals surface area contributed by atoms with Crippen molar-refractivity contribution in [2.75, 3.05) is 40.6 Å². The summed E-state index contributed by atoms with van der Waals surface area (Å²) in [6.45, 7) is 1.87. The SMILES string of the molecule is COC[P]1(O)N(C)CCN1C. The summed E-state index contributed by atoms with van der Waals surface area (Å²) in [4.78, 5) is 10.1. The van der Waals surface area contributed by atoms with Crippen LogP contribution in [0.2, 0.25) is 0 Å². The Balaban J connectivity index is 2.63. The molecule has 1 saturated heterocycles. The van der Waals surface area contributed by atoms with Crippen molar-refractivity contribution in [3.63, 3.8) is 0 Å². The monoisotopic (exact) mass is 179 g/mol. The van der Waals surface area contributed by atoms with E-state index in [2.05, 4.69) is 0 Å². The van der Waals surface area contributed by atoms with Crippen molar-refractivity contribution < 1.29 is 9.63 Å². The van der Waals surface area contributed by atoms with Gasteiger partial charge < -0.3 is 9.63 Å². The lowest BCUT2D eigenvalue weighted by atomic mass is 10.6. The van der Waals surface area contributed by atoms with Gasteiger partial charge >= 0.3 is 0 Å². The highest BCUT2D eigenvalue weighted by atomic mass is 31.2. The molecule has 11 heavy (non-hydrogen) atoms. The smallest absolute Gasteiger partial charge is 0.137 e. The summed E-state index contributed by atoms with van der Waals surface area (Å²) in [5.41, 5.74) is 0. The van der Waals surface area contributed by atoms with Gasteiger partial charge in [-0.25, -0.2) is 0 Å². The number of ether oxygens (including phenoxy) is 1. The maximum absolute atomic E-state index is 10.1. The standard InChI is InChI=1S/C6H16N2O2P/c1-7-4-5-8(2)11(7,9)6-10-3/h9H,4-6H2,1-3H3. The first-order valence-corrected chi connectivity index (χ1v) is 5.47. The first-order chi connectivity index (χ1) is 5.11. The first kappa shape index (κ1) is 9.36. The Morgan fingerprint density at radius 2 is 1.82 bits per heavy atom. The van der Waals surface area contributed by atoms with Crippen LogP contribution in [0.25, 0.3) is 0 Å². The van der Waals surface area contributed by atoms with E-state index in [1.807, 2.05) is 23.4 Å². The Morgan fingerprint density at radius 1 is 1.36 bits per heavy atom. The molecule has 0 bridgehead atoms. The van der Waals surface area contributed by atoms with Gasteiger partial charge in [0.05, 0.1) is 0 Å². The van der Waals surface area contributed by atoms with E-state index in [1.165, 1.54) is 0 Å². The second-order valence-electron chi connectivity index (χ2n) is 2.87. The van der Waals surface area contributed by atoms with Crippen LogP contribution in [0, 0.1) is 0 Å². The van der Waals surface area contributed by atoms with Crippen molar-refractivity contribution >= 4 is 7.79 Å². The molecule has 0 unspecified atom stereocenters. The van der Waals surface area contributed by atoms with Crippen molar-refractivity contribution in [2.45, 2.75) is 0 Å². The molecule has 1 fully saturated rings. The van der Waals surface area contributed by atoms with Crippen molar-refractivity contribution in [3.05, 3.63) is 0 Å². The average Bonchev–Trinajstić information content (AvgIpc) is 2.19. The summed E-state index contributed by atoms with van der Waals surface area (Å²) < 4.78 is 8.98. The Bertz CT molecular complexity index is 135. The first-order valence-electron chi connectivity index (χ1n) is 3.64. The largest absolute Gasteiger partial charge is 0.376 e. The topological polar surface area (TPSA) is 35.9 Å². The van der Waals surface area contributed by atoms with Crippen molar-refractivity contribution in [1.82, 2.24) is 9.34 Å². The lowest BCUT2D eigenvalue weighted by Crippen LogP contribution is -2.22. The van der Waals surface area contributed by atoms with Crippen LogP contribution in [-0.2, 0) is 4.74 Å². The van der Waals surface area contributed by atoms with E-state index in [-0.39, 0.29) is 0 Å². The highest BCUT2D eigenvalue weighted by molar-refractivity contribution is 7.65. The fourth-order valence-corrected chi connectivity index (χ4v) is 3.32. The molecule has 0 aromatic carbocycles. The van der Waals surface area contributed by atoms with Crippen LogP contribution >= 0.6 is 7.79 Å². The van der Waals surface area contributed by atoms with Gasteiger partial charge in [0.1, 0.15) is 14.1 Å². The van der Waals surface area contributed by atoms with Gasteiger partial charge in [0, 0.05) is 20.2 Å². The minimum absolute atomic E-state index is 0.444. The number of hydrogen-bond acceptors (Lipinski definition) is 4. The quantitative estimate of drug-likeness (QED) is 0.615. The molecule has 1 aliphatic heterocycles. The number of likely N-dealkylation sites (N-methyl/N-ethyl adjacent to an activating group) is 2. The summed E-state index contributed by atoms with van der Waals surface area (Å²) in [7, 11) is 3.45. The van der Waals surface area contributed by atoms with Crippen LogP contribution in [0.1, 0.15) is 0 Å². The Hall–Kier alpha value is 0.270. The van der Waals surface area contributed by atoms with Gasteiger partial charge in [0.2, 0.25) is 0 Å². The van der Waals surface area contributed by atoms with Crippen molar-refractivity contribution in [1.29, 1.82) is 0 Å². The van der Waals surface area contributed by atoms with E-state index in [0.717, 1.165) is 13.1 Å². The molecule has 1 N–H and O–H groups in total. The highest BCUT2D eigenvalue weighted by Gasteiger charge is 2.39. The van der Waals surface area contributed by atoms with Gasteiger partial charge in [-0.3, -0.25) is 9.34 Å². The molecule has 0 spiro atoms. The summed E-state index contributed by atoms with van der Waals surface area (Å²) in [5, 5.41) is 0. The van der Waals surface area contributed by atoms with E-state index < -0.39 is 7.79 Å². The third kappa shape index (κ3) is 1.55. The Morgan fingerprint density at radius 3 is 2.18 bits per heavy atom. The molecule has 67 valence electrons. The minimum atomic E-state index is -2.06. The zero-order valence-electron chi connectivity index (χ0n) is 7.32. The zero-order valence-corrected chi connectivity index (χ0v) is 8.21. The second kappa shape index (κ2) is 3.33. The maximum Gasteiger partial charge on any atom is 0.137 e. The van der Waals surface area contributed by atoms with E-state index in [1.54, 1.807) is 7.11 Å². The molecule has 0 aromatic heterocycles. The zero-order chi connectivity index (χ0) is 8.48. The predicted octanol–water partition coefficient (Wildman–Crippen LogP) is 0.222. The summed E-state index contributed by atoms with van der Waals surface area (Å²) in [6, 6.07) is 0. The molecule has 0 aromatic rings. The van der Waals surface area contributed by atoms with Crippen LogP contribution in [0.15, 0.2) is 0 Å². The second-order valence-corrected chi connectivity index (χ2v) is 5.88. The molecule has 0 amide bonds. The lowest BCUT2D eigenvalue weighted by Gasteiger charge is -2.36. The number of nitrogens with zero attached hydrogens (tertiary/aromatic N) is 2. The summed E-state index contributed by atoms with van der Waals surface area (Å²) >= 11 is 0. The van der Waals surface area contributed by atoms with Crippen LogP contribution in [0.4, 0.5) is 0 Å². The Kier molecular flexibility index (Phi) is 2.84. The molecule has 1 rings (SSSR count). The third-order valence-electron chi connectivity index (χ3n) is 2.14. The summed E-state index contributed by atoms with van der Waals surface area (Å²) in [6.07, 6.45) is 0.444. The third-order valence-corrected chi connectivity index (χ3v) is 5.33. The minimum Gasteiger partial charge on any atom is -0.376 e. The number of methoxy groups -OCH3 is 1. The fourth-order valence-electron chi connectivity index (χ4n) is 1.24. The predicted molar refractivity (Wildman–Crippen MR) is 46.3 cm³/mol. The van der Waals surface area contributed by atoms with E-state index in [9.17, 15) is 4.89 Å². The molecular weight excluding hydrogens is 163 g/mol. The van der Waals surface area contributed by atoms with E-state index in [0.29, 0.717) is 6.35 Å². The van der Waals surface area contributed by atoms with Gasteiger partial charge in [-0.2, -0.15) is 0 Å². The van der Waals surface area contributed by atoms with E-state index >= 15 is 0 Å². The molecular formula is C6H16N2O2P. The summed E-state index contributed by atoms with van der Waals surface area (Å²) in [5.74, 6) is 0. The molecule has 0 saturated carbocycles. The molecule has 1 aliphatic rings. The van der Waals surface area contributed by atoms with Crippen LogP contribution in [0.3, 0.4) is 0 Å². The van der Waals surface area contributed by atoms with E-state index in [4.69, 9.17) is 4.74 Å². The normalized spacial score (nSPS) is 26.2. The van der Waals surface area contributed by atoms with Gasteiger partial charge in [-0.1, -0.05) is 0 Å².